The zero-order valence-corrected chi connectivity index (χ0v) is 21.0. The predicted octanol–water partition coefficient (Wildman–Crippen LogP) is 2.96. The number of benzene rings is 1. The number of carbonyl (C=O) groups excluding carboxylic acids is 4. The highest BCUT2D eigenvalue weighted by Gasteiger charge is 2.42. The second-order valence-corrected chi connectivity index (χ2v) is 9.95. The molecule has 1 amide bonds. The van der Waals surface area contributed by atoms with Crippen molar-refractivity contribution in [3.05, 3.63) is 35.9 Å². The van der Waals surface area contributed by atoms with E-state index in [2.05, 4.69) is 5.32 Å². The fraction of sp³-hybridized carbons (Fsp3) is 0.600. The molecule has 1 aromatic carbocycles. The number of hydrogen-bond donors (Lipinski definition) is 2. The SMILES string of the molecule is CC(C)(C)OC(=O)C(N)C(CCCCC1C(=O)OC(C)(C)OC1=O)NC(=O)OCc1ccccc1. The summed E-state index contributed by atoms with van der Waals surface area (Å²) >= 11 is 0. The Labute approximate surface area is 205 Å². The van der Waals surface area contributed by atoms with Crippen LogP contribution in [0.1, 0.15) is 65.9 Å². The quantitative estimate of drug-likeness (QED) is 0.218. The van der Waals surface area contributed by atoms with Gasteiger partial charge in [0.2, 0.25) is 0 Å². The summed E-state index contributed by atoms with van der Waals surface area (Å²) in [5.74, 6) is -4.20. The van der Waals surface area contributed by atoms with Crippen molar-refractivity contribution >= 4 is 24.0 Å². The molecule has 0 radical (unpaired) electrons. The molecule has 1 saturated heterocycles. The number of cyclic esters (lactones) is 2. The predicted molar refractivity (Wildman–Crippen MR) is 126 cm³/mol. The summed E-state index contributed by atoms with van der Waals surface area (Å²) in [4.78, 5) is 49.2. The molecule has 0 spiro atoms. The lowest BCUT2D eigenvalue weighted by Gasteiger charge is -2.33. The Balaban J connectivity index is 1.94. The van der Waals surface area contributed by atoms with E-state index in [1.807, 2.05) is 30.3 Å². The summed E-state index contributed by atoms with van der Waals surface area (Å²) in [7, 11) is 0. The summed E-state index contributed by atoms with van der Waals surface area (Å²) in [6.45, 7) is 8.20. The molecule has 1 heterocycles. The van der Waals surface area contributed by atoms with Gasteiger partial charge in [-0.15, -0.1) is 0 Å². The van der Waals surface area contributed by atoms with Gasteiger partial charge in [0.15, 0.2) is 5.92 Å². The van der Waals surface area contributed by atoms with Crippen LogP contribution in [0.15, 0.2) is 30.3 Å². The number of nitrogens with two attached hydrogens (primary N) is 1. The molecule has 194 valence electrons. The number of unbranched alkanes of at least 4 members (excludes halogenated alkanes) is 1. The van der Waals surface area contributed by atoms with Crippen LogP contribution in [0, 0.1) is 5.92 Å². The number of hydrogen-bond acceptors (Lipinski definition) is 9. The Kier molecular flexibility index (Phi) is 9.64. The van der Waals surface area contributed by atoms with Gasteiger partial charge in [0.05, 0.1) is 6.04 Å². The van der Waals surface area contributed by atoms with Gasteiger partial charge in [0.25, 0.3) is 5.79 Å². The summed E-state index contributed by atoms with van der Waals surface area (Å²) < 4.78 is 20.9. The van der Waals surface area contributed by atoms with E-state index in [0.29, 0.717) is 19.3 Å². The maximum Gasteiger partial charge on any atom is 0.407 e. The first-order valence-electron chi connectivity index (χ1n) is 11.7. The lowest BCUT2D eigenvalue weighted by Crippen LogP contribution is -2.53. The minimum atomic E-state index is -1.28. The molecule has 1 aliphatic heterocycles. The van der Waals surface area contributed by atoms with Crippen molar-refractivity contribution in [2.45, 2.75) is 90.4 Å². The first-order valence-corrected chi connectivity index (χ1v) is 11.7. The molecule has 3 N–H and O–H groups in total. The van der Waals surface area contributed by atoms with E-state index < -0.39 is 53.4 Å². The van der Waals surface area contributed by atoms with Crippen molar-refractivity contribution in [1.29, 1.82) is 0 Å². The third-order valence-electron chi connectivity index (χ3n) is 5.15. The summed E-state index contributed by atoms with van der Waals surface area (Å²) in [6, 6.07) is 7.24. The van der Waals surface area contributed by atoms with Crippen LogP contribution in [0.25, 0.3) is 0 Å². The molecule has 10 nitrogen and oxygen atoms in total. The number of ether oxygens (including phenoxy) is 4. The first kappa shape index (κ1) is 28.1. The van der Waals surface area contributed by atoms with Gasteiger partial charge in [-0.25, -0.2) is 4.79 Å². The number of carbonyl (C=O) groups is 4. The number of rotatable bonds is 10. The Hall–Kier alpha value is -3.14. The maximum atomic E-state index is 12.5. The molecular weight excluding hydrogens is 456 g/mol. The Morgan fingerprint density at radius 1 is 1.09 bits per heavy atom. The molecule has 0 aliphatic carbocycles. The number of amides is 1. The van der Waals surface area contributed by atoms with Crippen molar-refractivity contribution in [2.75, 3.05) is 0 Å². The Morgan fingerprint density at radius 3 is 2.26 bits per heavy atom. The van der Waals surface area contributed by atoms with Gasteiger partial charge in [0, 0.05) is 13.8 Å². The van der Waals surface area contributed by atoms with Crippen LogP contribution in [0.3, 0.4) is 0 Å². The van der Waals surface area contributed by atoms with Crippen molar-refractivity contribution in [1.82, 2.24) is 5.32 Å². The maximum absolute atomic E-state index is 12.5. The first-order chi connectivity index (χ1) is 16.3. The van der Waals surface area contributed by atoms with E-state index >= 15 is 0 Å². The Morgan fingerprint density at radius 2 is 1.69 bits per heavy atom. The molecule has 1 aromatic rings. The minimum absolute atomic E-state index is 0.0588. The highest BCUT2D eigenvalue weighted by molar-refractivity contribution is 5.96. The topological polar surface area (TPSA) is 143 Å². The smallest absolute Gasteiger partial charge is 0.407 e. The summed E-state index contributed by atoms with van der Waals surface area (Å²) in [5, 5.41) is 2.65. The summed E-state index contributed by atoms with van der Waals surface area (Å²) in [5.41, 5.74) is 6.19. The Bertz CT molecular complexity index is 874. The van der Waals surface area contributed by atoms with Gasteiger partial charge in [-0.1, -0.05) is 43.2 Å². The van der Waals surface area contributed by atoms with E-state index in [-0.39, 0.29) is 13.0 Å². The average molecular weight is 493 g/mol. The number of alkyl carbamates (subject to hydrolysis) is 1. The molecule has 10 heteroatoms. The lowest BCUT2D eigenvalue weighted by molar-refractivity contribution is -0.240. The van der Waals surface area contributed by atoms with Gasteiger partial charge in [-0.05, 0) is 39.2 Å². The van der Waals surface area contributed by atoms with Crippen LogP contribution in [-0.2, 0) is 39.9 Å². The second-order valence-electron chi connectivity index (χ2n) is 9.95. The molecule has 0 aromatic heterocycles. The van der Waals surface area contributed by atoms with Crippen LogP contribution in [-0.4, -0.2) is 47.5 Å². The molecule has 2 atom stereocenters. The second kappa shape index (κ2) is 12.0. The zero-order chi connectivity index (χ0) is 26.2. The fourth-order valence-corrected chi connectivity index (χ4v) is 3.48. The third kappa shape index (κ3) is 9.56. The van der Waals surface area contributed by atoms with E-state index in [1.54, 1.807) is 20.8 Å². The monoisotopic (exact) mass is 492 g/mol. The molecule has 1 fully saturated rings. The molecule has 2 rings (SSSR count). The molecule has 0 bridgehead atoms. The molecular formula is C25H36N2O8. The van der Waals surface area contributed by atoms with Crippen molar-refractivity contribution in [3.8, 4) is 0 Å². The van der Waals surface area contributed by atoms with Crippen molar-refractivity contribution < 1.29 is 38.1 Å². The van der Waals surface area contributed by atoms with Gasteiger partial charge in [0.1, 0.15) is 18.2 Å². The summed E-state index contributed by atoms with van der Waals surface area (Å²) in [6.07, 6.45) is 0.678. The van der Waals surface area contributed by atoms with Crippen LogP contribution < -0.4 is 11.1 Å². The molecule has 1 aliphatic rings. The van der Waals surface area contributed by atoms with Crippen molar-refractivity contribution in [3.63, 3.8) is 0 Å². The van der Waals surface area contributed by atoms with Crippen LogP contribution in [0.4, 0.5) is 4.79 Å². The highest BCUT2D eigenvalue weighted by atomic mass is 16.7. The van der Waals surface area contributed by atoms with Crippen LogP contribution in [0.2, 0.25) is 0 Å². The van der Waals surface area contributed by atoms with Gasteiger partial charge in [-0.3, -0.25) is 14.4 Å². The van der Waals surface area contributed by atoms with Crippen LogP contribution in [0.5, 0.6) is 0 Å². The normalized spacial score (nSPS) is 17.5. The third-order valence-corrected chi connectivity index (χ3v) is 5.15. The largest absolute Gasteiger partial charge is 0.459 e. The standard InChI is InChI=1S/C25H36N2O8/c1-24(2,3)33-22(30)19(26)18(27-23(31)32-15-16-11-7-6-8-12-16)14-10-9-13-17-20(28)34-25(4,5)35-21(17)29/h6-8,11-12,17-19H,9-10,13-15,26H2,1-5H3,(H,27,31). The highest BCUT2D eigenvalue weighted by Crippen LogP contribution is 2.26. The minimum Gasteiger partial charge on any atom is -0.459 e. The van der Waals surface area contributed by atoms with E-state index in [4.69, 9.17) is 24.7 Å². The molecule has 0 saturated carbocycles. The van der Waals surface area contributed by atoms with Gasteiger partial charge >= 0.3 is 24.0 Å². The fourth-order valence-electron chi connectivity index (χ4n) is 3.48. The van der Waals surface area contributed by atoms with E-state index in [1.165, 1.54) is 13.8 Å². The average Bonchev–Trinajstić information content (AvgIpc) is 2.74. The van der Waals surface area contributed by atoms with E-state index in [0.717, 1.165) is 5.56 Å². The van der Waals surface area contributed by atoms with Crippen molar-refractivity contribution in [2.24, 2.45) is 11.7 Å². The molecule has 2 unspecified atom stereocenters. The molecule has 35 heavy (non-hydrogen) atoms. The number of esters is 3. The van der Waals surface area contributed by atoms with E-state index in [9.17, 15) is 19.2 Å². The zero-order valence-electron chi connectivity index (χ0n) is 21.0. The van der Waals surface area contributed by atoms with Gasteiger partial charge < -0.3 is 30.0 Å². The lowest BCUT2D eigenvalue weighted by atomic mass is 9.96. The van der Waals surface area contributed by atoms with Gasteiger partial charge in [-0.2, -0.15) is 0 Å². The number of nitrogens with one attached hydrogen (secondary N) is 1. The van der Waals surface area contributed by atoms with Crippen LogP contribution >= 0.6 is 0 Å².